The molecule has 3 rings (SSSR count). The highest BCUT2D eigenvalue weighted by Crippen LogP contribution is 2.23. The minimum absolute atomic E-state index is 0.0267. The van der Waals surface area contributed by atoms with Gasteiger partial charge < -0.3 is 4.42 Å². The van der Waals surface area contributed by atoms with Crippen molar-refractivity contribution in [3.8, 4) is 11.5 Å². The molecule has 8 nitrogen and oxygen atoms in total. The van der Waals surface area contributed by atoms with Gasteiger partial charge in [0.25, 0.3) is 5.91 Å². The van der Waals surface area contributed by atoms with Gasteiger partial charge in [0.15, 0.2) is 0 Å². The molecular formula is C25H32N4O4S. The summed E-state index contributed by atoms with van der Waals surface area (Å²) in [5, 5.41) is 10.5. The van der Waals surface area contributed by atoms with Crippen molar-refractivity contribution in [2.75, 3.05) is 18.4 Å². The van der Waals surface area contributed by atoms with Crippen molar-refractivity contribution < 1.29 is 17.6 Å². The Labute approximate surface area is 201 Å². The molecular weight excluding hydrogens is 452 g/mol. The van der Waals surface area contributed by atoms with Crippen LogP contribution in [0.2, 0.25) is 0 Å². The van der Waals surface area contributed by atoms with E-state index < -0.39 is 15.9 Å². The van der Waals surface area contributed by atoms with E-state index in [2.05, 4.69) is 15.5 Å². The van der Waals surface area contributed by atoms with Gasteiger partial charge in [-0.05, 0) is 63.1 Å². The van der Waals surface area contributed by atoms with Gasteiger partial charge in [-0.25, -0.2) is 8.42 Å². The van der Waals surface area contributed by atoms with Gasteiger partial charge in [-0.2, -0.15) is 4.31 Å². The maximum atomic E-state index is 13.1. The Bertz CT molecular complexity index is 1190. The second-order valence-corrected chi connectivity index (χ2v) is 10.3. The summed E-state index contributed by atoms with van der Waals surface area (Å²) in [5.74, 6) is -0.156. The molecule has 0 atom stereocenters. The normalized spacial score (nSPS) is 11.7. The number of amides is 1. The van der Waals surface area contributed by atoms with Gasteiger partial charge in [-0.3, -0.25) is 10.1 Å². The Hall–Kier alpha value is -3.04. The predicted molar refractivity (Wildman–Crippen MR) is 132 cm³/mol. The molecule has 1 heterocycles. The van der Waals surface area contributed by atoms with Crippen LogP contribution >= 0.6 is 0 Å². The van der Waals surface area contributed by atoms with Crippen molar-refractivity contribution in [2.24, 2.45) is 0 Å². The lowest BCUT2D eigenvalue weighted by molar-refractivity contribution is 0.102. The third-order valence-corrected chi connectivity index (χ3v) is 7.30. The highest BCUT2D eigenvalue weighted by molar-refractivity contribution is 7.89. The van der Waals surface area contributed by atoms with Crippen LogP contribution in [0.5, 0.6) is 0 Å². The first-order chi connectivity index (χ1) is 16.2. The molecule has 1 N–H and O–H groups in total. The van der Waals surface area contributed by atoms with Crippen LogP contribution in [0.3, 0.4) is 0 Å². The molecule has 0 unspecified atom stereocenters. The average Bonchev–Trinajstić information content (AvgIpc) is 3.27. The number of nitrogens with one attached hydrogen (secondary N) is 1. The van der Waals surface area contributed by atoms with E-state index in [1.54, 1.807) is 0 Å². The number of hydrogen-bond donors (Lipinski definition) is 1. The van der Waals surface area contributed by atoms with Crippen LogP contribution in [0, 0.1) is 13.8 Å². The predicted octanol–water partition coefficient (Wildman–Crippen LogP) is 5.20. The van der Waals surface area contributed by atoms with E-state index in [0.717, 1.165) is 42.4 Å². The SMILES string of the molecule is CCCCN(CCCC)S(=O)(=O)c1ccc(C(=O)Nc2nnc(-c3cc(C)cc(C)c3)o2)cc1. The first-order valence-electron chi connectivity index (χ1n) is 11.6. The maximum Gasteiger partial charge on any atom is 0.322 e. The van der Waals surface area contributed by atoms with Gasteiger partial charge >= 0.3 is 6.01 Å². The Kier molecular flexibility index (Phi) is 8.57. The topological polar surface area (TPSA) is 105 Å². The molecule has 182 valence electrons. The summed E-state index contributed by atoms with van der Waals surface area (Å²) in [6.07, 6.45) is 3.44. The second-order valence-electron chi connectivity index (χ2n) is 8.38. The number of unbranched alkanes of at least 4 members (excludes halogenated alkanes) is 2. The summed E-state index contributed by atoms with van der Waals surface area (Å²) >= 11 is 0. The largest absolute Gasteiger partial charge is 0.403 e. The molecule has 9 heteroatoms. The van der Waals surface area contributed by atoms with Crippen LogP contribution in [-0.2, 0) is 10.0 Å². The zero-order chi connectivity index (χ0) is 24.7. The first-order valence-corrected chi connectivity index (χ1v) is 13.0. The summed E-state index contributed by atoms with van der Waals surface area (Å²) in [6.45, 7) is 9.00. The molecule has 1 amide bonds. The minimum atomic E-state index is -3.62. The van der Waals surface area contributed by atoms with Gasteiger partial charge in [0.1, 0.15) is 0 Å². The number of carbonyl (C=O) groups is 1. The quantitative estimate of drug-likeness (QED) is 0.401. The van der Waals surface area contributed by atoms with Crippen molar-refractivity contribution in [1.29, 1.82) is 0 Å². The summed E-state index contributed by atoms with van der Waals surface area (Å²) in [5.41, 5.74) is 3.20. The monoisotopic (exact) mass is 484 g/mol. The van der Waals surface area contributed by atoms with E-state index >= 15 is 0 Å². The van der Waals surface area contributed by atoms with Crippen molar-refractivity contribution in [1.82, 2.24) is 14.5 Å². The van der Waals surface area contributed by atoms with Crippen LogP contribution < -0.4 is 5.32 Å². The van der Waals surface area contributed by atoms with Gasteiger partial charge in [-0.1, -0.05) is 49.0 Å². The summed E-state index contributed by atoms with van der Waals surface area (Å²) < 4.78 is 33.3. The Morgan fingerprint density at radius 1 is 0.941 bits per heavy atom. The van der Waals surface area contributed by atoms with Gasteiger partial charge in [0, 0.05) is 24.2 Å². The van der Waals surface area contributed by atoms with Gasteiger partial charge in [0.2, 0.25) is 15.9 Å². The third kappa shape index (κ3) is 6.30. The van der Waals surface area contributed by atoms with Crippen LogP contribution in [0.1, 0.15) is 61.0 Å². The maximum absolute atomic E-state index is 13.1. The Balaban J connectivity index is 1.72. The fraction of sp³-hybridized carbons (Fsp3) is 0.400. The number of aryl methyl sites for hydroxylation is 2. The molecule has 34 heavy (non-hydrogen) atoms. The van der Waals surface area contributed by atoms with Crippen molar-refractivity contribution in [3.05, 3.63) is 59.2 Å². The molecule has 2 aromatic carbocycles. The minimum Gasteiger partial charge on any atom is -0.403 e. The molecule has 0 aliphatic carbocycles. The molecule has 0 radical (unpaired) electrons. The van der Waals surface area contributed by atoms with Crippen molar-refractivity contribution in [2.45, 2.75) is 58.3 Å². The van der Waals surface area contributed by atoms with Crippen molar-refractivity contribution >= 4 is 21.9 Å². The van der Waals surface area contributed by atoms with Crippen molar-refractivity contribution in [3.63, 3.8) is 0 Å². The molecule has 0 bridgehead atoms. The lowest BCUT2D eigenvalue weighted by Gasteiger charge is -2.22. The molecule has 3 aromatic rings. The highest BCUT2D eigenvalue weighted by atomic mass is 32.2. The number of sulfonamides is 1. The molecule has 0 spiro atoms. The molecule has 0 saturated heterocycles. The number of anilines is 1. The molecule has 1 aromatic heterocycles. The zero-order valence-electron chi connectivity index (χ0n) is 20.2. The number of rotatable bonds is 11. The fourth-order valence-electron chi connectivity index (χ4n) is 3.61. The summed E-state index contributed by atoms with van der Waals surface area (Å²) in [7, 11) is -3.62. The van der Waals surface area contributed by atoms with E-state index in [-0.39, 0.29) is 10.9 Å². The zero-order valence-corrected chi connectivity index (χ0v) is 21.0. The molecule has 0 aliphatic rings. The number of hydrogen-bond acceptors (Lipinski definition) is 6. The van der Waals surface area contributed by atoms with E-state index in [1.807, 2.05) is 45.9 Å². The van der Waals surface area contributed by atoms with E-state index in [0.29, 0.717) is 24.5 Å². The van der Waals surface area contributed by atoms with Gasteiger partial charge in [0.05, 0.1) is 4.90 Å². The molecule has 0 aliphatic heterocycles. The lowest BCUT2D eigenvalue weighted by Crippen LogP contribution is -2.33. The van der Waals surface area contributed by atoms with E-state index in [1.165, 1.54) is 28.6 Å². The second kappa shape index (κ2) is 11.4. The number of carbonyl (C=O) groups excluding carboxylic acids is 1. The smallest absolute Gasteiger partial charge is 0.322 e. The Morgan fingerprint density at radius 3 is 2.09 bits per heavy atom. The van der Waals surface area contributed by atoms with E-state index in [4.69, 9.17) is 4.42 Å². The average molecular weight is 485 g/mol. The van der Waals surface area contributed by atoms with Crippen LogP contribution in [0.25, 0.3) is 11.5 Å². The number of aromatic nitrogens is 2. The fourth-order valence-corrected chi connectivity index (χ4v) is 5.12. The third-order valence-electron chi connectivity index (χ3n) is 5.39. The first kappa shape index (κ1) is 25.6. The summed E-state index contributed by atoms with van der Waals surface area (Å²) in [4.78, 5) is 12.8. The van der Waals surface area contributed by atoms with Crippen LogP contribution in [0.4, 0.5) is 6.01 Å². The standard InChI is InChI=1S/C25H32N4O4S/c1-5-7-13-29(14-8-6-2)34(31,32)22-11-9-20(10-12-22)23(30)26-25-28-27-24(33-25)21-16-18(3)15-19(4)17-21/h9-12,15-17H,5-8,13-14H2,1-4H3,(H,26,28,30). The number of nitrogens with zero attached hydrogens (tertiary/aromatic N) is 3. The summed E-state index contributed by atoms with van der Waals surface area (Å²) in [6, 6.07) is 11.8. The molecule has 0 saturated carbocycles. The van der Waals surface area contributed by atoms with E-state index in [9.17, 15) is 13.2 Å². The highest BCUT2D eigenvalue weighted by Gasteiger charge is 2.24. The van der Waals surface area contributed by atoms with Gasteiger partial charge in [-0.15, -0.1) is 5.10 Å². The Morgan fingerprint density at radius 2 is 1.53 bits per heavy atom. The van der Waals surface area contributed by atoms with Crippen LogP contribution in [-0.4, -0.2) is 41.9 Å². The number of benzene rings is 2. The van der Waals surface area contributed by atoms with Crippen LogP contribution in [0.15, 0.2) is 51.8 Å². The molecule has 0 fully saturated rings. The lowest BCUT2D eigenvalue weighted by atomic mass is 10.1.